The van der Waals surface area contributed by atoms with Crippen LogP contribution in [-0.4, -0.2) is 17.0 Å². The van der Waals surface area contributed by atoms with Gasteiger partial charge in [-0.05, 0) is 43.0 Å². The molecule has 3 rings (SSSR count). The fourth-order valence-electron chi connectivity index (χ4n) is 2.97. The number of hydrogen-bond donors (Lipinski definition) is 1. The van der Waals surface area contributed by atoms with E-state index in [2.05, 4.69) is 17.2 Å². The number of carbonyl (C=O) groups is 1. The summed E-state index contributed by atoms with van der Waals surface area (Å²) >= 11 is 6.39. The monoisotopic (exact) mass is 414 g/mol. The number of fused-ring (bicyclic) bond motifs is 1. The predicted molar refractivity (Wildman–Crippen MR) is 112 cm³/mol. The third-order valence-electron chi connectivity index (χ3n) is 4.54. The van der Waals surface area contributed by atoms with Crippen molar-refractivity contribution in [3.63, 3.8) is 0 Å². The van der Waals surface area contributed by atoms with E-state index in [1.165, 1.54) is 6.07 Å². The van der Waals surface area contributed by atoms with E-state index in [9.17, 15) is 9.59 Å². The summed E-state index contributed by atoms with van der Waals surface area (Å²) in [5.41, 5.74) is 1.76. The van der Waals surface area contributed by atoms with Gasteiger partial charge >= 0.3 is 5.63 Å². The number of nitrogens with zero attached hydrogens (tertiary/aromatic N) is 1. The van der Waals surface area contributed by atoms with Crippen molar-refractivity contribution in [1.29, 1.82) is 0 Å². The number of hydrogen-bond acceptors (Lipinski definition) is 5. The first-order valence-electron chi connectivity index (χ1n) is 9.57. The van der Waals surface area contributed by atoms with Crippen LogP contribution in [0.5, 0.6) is 5.75 Å². The van der Waals surface area contributed by atoms with Gasteiger partial charge in [0.25, 0.3) is 5.91 Å². The Morgan fingerprint density at radius 2 is 2.17 bits per heavy atom. The molecule has 0 aliphatic heterocycles. The van der Waals surface area contributed by atoms with Crippen molar-refractivity contribution in [1.82, 2.24) is 10.3 Å². The first-order chi connectivity index (χ1) is 14.0. The average molecular weight is 415 g/mol. The molecule has 0 saturated heterocycles. The molecule has 29 heavy (non-hydrogen) atoms. The molecule has 2 heterocycles. The van der Waals surface area contributed by atoms with Crippen molar-refractivity contribution in [2.45, 2.75) is 45.8 Å². The van der Waals surface area contributed by atoms with Gasteiger partial charge in [-0.25, -0.2) is 4.79 Å². The molecular weight excluding hydrogens is 392 g/mol. The van der Waals surface area contributed by atoms with Crippen LogP contribution in [0.2, 0.25) is 5.02 Å². The van der Waals surface area contributed by atoms with Crippen LogP contribution >= 0.6 is 11.6 Å². The molecule has 0 aliphatic carbocycles. The molecule has 2 aromatic heterocycles. The number of benzene rings is 1. The number of aryl methyl sites for hydroxylation is 1. The largest absolute Gasteiger partial charge is 0.479 e. The Labute approximate surface area is 173 Å². The molecule has 7 heteroatoms. The molecule has 0 fully saturated rings. The molecule has 6 nitrogen and oxygen atoms in total. The van der Waals surface area contributed by atoms with Crippen molar-refractivity contribution in [2.24, 2.45) is 0 Å². The lowest BCUT2D eigenvalue weighted by atomic mass is 10.0. The Morgan fingerprint density at radius 1 is 1.34 bits per heavy atom. The Balaban J connectivity index is 1.76. The van der Waals surface area contributed by atoms with Gasteiger partial charge in [-0.15, -0.1) is 0 Å². The lowest BCUT2D eigenvalue weighted by Gasteiger charge is -2.16. The Kier molecular flexibility index (Phi) is 6.88. The molecule has 0 saturated carbocycles. The number of aromatic nitrogens is 1. The van der Waals surface area contributed by atoms with Crippen LogP contribution in [0.25, 0.3) is 11.0 Å². The van der Waals surface area contributed by atoms with E-state index < -0.39 is 11.7 Å². The van der Waals surface area contributed by atoms with Crippen LogP contribution in [0.15, 0.2) is 51.9 Å². The zero-order valence-corrected chi connectivity index (χ0v) is 17.2. The van der Waals surface area contributed by atoms with E-state index in [0.29, 0.717) is 22.9 Å². The number of carbonyl (C=O) groups excluding carboxylic acids is 1. The minimum atomic E-state index is -0.781. The maximum absolute atomic E-state index is 12.3. The topological polar surface area (TPSA) is 81.4 Å². The van der Waals surface area contributed by atoms with Crippen LogP contribution in [0.3, 0.4) is 0 Å². The predicted octanol–water partition coefficient (Wildman–Crippen LogP) is 4.27. The fourth-order valence-corrected chi connectivity index (χ4v) is 3.18. The van der Waals surface area contributed by atoms with E-state index >= 15 is 0 Å². The van der Waals surface area contributed by atoms with Gasteiger partial charge in [-0.1, -0.05) is 31.0 Å². The highest BCUT2D eigenvalue weighted by Crippen LogP contribution is 2.32. The van der Waals surface area contributed by atoms with Crippen molar-refractivity contribution < 1.29 is 13.9 Å². The summed E-state index contributed by atoms with van der Waals surface area (Å²) < 4.78 is 11.1. The Morgan fingerprint density at radius 3 is 2.90 bits per heavy atom. The molecule has 0 spiro atoms. The van der Waals surface area contributed by atoms with Crippen LogP contribution in [0.1, 0.15) is 37.8 Å². The van der Waals surface area contributed by atoms with E-state index in [0.717, 1.165) is 35.8 Å². The minimum Gasteiger partial charge on any atom is -0.479 e. The van der Waals surface area contributed by atoms with Crippen LogP contribution < -0.4 is 15.7 Å². The number of halogens is 1. The van der Waals surface area contributed by atoms with Gasteiger partial charge in [0.2, 0.25) is 0 Å². The summed E-state index contributed by atoms with van der Waals surface area (Å²) in [6.07, 6.45) is 5.32. The number of unbranched alkanes of at least 4 members (excludes halogenated alkanes) is 1. The number of rotatable bonds is 8. The van der Waals surface area contributed by atoms with E-state index in [-0.39, 0.29) is 5.91 Å². The zero-order chi connectivity index (χ0) is 20.8. The first kappa shape index (κ1) is 20.9. The van der Waals surface area contributed by atoms with Gasteiger partial charge < -0.3 is 14.5 Å². The lowest BCUT2D eigenvalue weighted by Crippen LogP contribution is -2.36. The smallest absolute Gasteiger partial charge is 0.336 e. The third-order valence-corrected chi connectivity index (χ3v) is 4.84. The van der Waals surface area contributed by atoms with Crippen molar-refractivity contribution in [2.75, 3.05) is 0 Å². The van der Waals surface area contributed by atoms with Crippen molar-refractivity contribution in [3.8, 4) is 5.75 Å². The zero-order valence-electron chi connectivity index (χ0n) is 16.4. The molecule has 1 N–H and O–H groups in total. The maximum Gasteiger partial charge on any atom is 0.336 e. The Bertz CT molecular complexity index is 1050. The van der Waals surface area contributed by atoms with E-state index in [1.54, 1.807) is 37.5 Å². The highest BCUT2D eigenvalue weighted by atomic mass is 35.5. The van der Waals surface area contributed by atoms with Gasteiger partial charge in [-0.3, -0.25) is 9.78 Å². The number of amides is 1. The summed E-state index contributed by atoms with van der Waals surface area (Å²) in [6.45, 7) is 4.07. The highest BCUT2D eigenvalue weighted by Gasteiger charge is 2.18. The summed E-state index contributed by atoms with van der Waals surface area (Å²) in [4.78, 5) is 28.3. The van der Waals surface area contributed by atoms with Crippen LogP contribution in [0.4, 0.5) is 0 Å². The quantitative estimate of drug-likeness (QED) is 0.557. The minimum absolute atomic E-state index is 0.289. The van der Waals surface area contributed by atoms with Crippen molar-refractivity contribution >= 4 is 28.5 Å². The number of pyridine rings is 1. The molecule has 152 valence electrons. The summed E-state index contributed by atoms with van der Waals surface area (Å²) in [6, 6.07) is 8.47. The number of ether oxygens (including phenoxy) is 1. The van der Waals surface area contributed by atoms with Crippen LogP contribution in [0, 0.1) is 0 Å². The summed E-state index contributed by atoms with van der Waals surface area (Å²) in [5.74, 6) is 0.00199. The molecule has 3 aromatic rings. The molecule has 0 aliphatic rings. The van der Waals surface area contributed by atoms with Crippen molar-refractivity contribution in [3.05, 3.63) is 69.3 Å². The number of nitrogens with one attached hydrogen (secondary N) is 1. The molecule has 0 bridgehead atoms. The second-order valence-corrected chi connectivity index (χ2v) is 7.22. The van der Waals surface area contributed by atoms with Gasteiger partial charge in [0, 0.05) is 36.5 Å². The molecule has 0 radical (unpaired) electrons. The second kappa shape index (κ2) is 9.56. The summed E-state index contributed by atoms with van der Waals surface area (Å²) in [5, 5.41) is 3.94. The van der Waals surface area contributed by atoms with Gasteiger partial charge in [0.1, 0.15) is 11.3 Å². The SMILES string of the molecule is CCCCc1cc(=O)oc2cc(OC(C)C(=O)NCc3cccnc3)c(Cl)cc12. The Hall–Kier alpha value is -2.86. The van der Waals surface area contributed by atoms with E-state index in [4.69, 9.17) is 20.8 Å². The molecule has 1 unspecified atom stereocenters. The lowest BCUT2D eigenvalue weighted by molar-refractivity contribution is -0.127. The van der Waals surface area contributed by atoms with Gasteiger partial charge in [-0.2, -0.15) is 0 Å². The second-order valence-electron chi connectivity index (χ2n) is 6.81. The molecule has 1 atom stereocenters. The fraction of sp³-hybridized carbons (Fsp3) is 0.318. The first-order valence-corrected chi connectivity index (χ1v) is 9.95. The van der Waals surface area contributed by atoms with Gasteiger partial charge in [0.15, 0.2) is 6.10 Å². The molecule has 1 aromatic carbocycles. The maximum atomic E-state index is 12.3. The molecular formula is C22H23ClN2O4. The normalized spacial score (nSPS) is 12.0. The average Bonchev–Trinajstić information content (AvgIpc) is 2.72. The molecule has 1 amide bonds. The highest BCUT2D eigenvalue weighted by molar-refractivity contribution is 6.32. The third kappa shape index (κ3) is 5.35. The van der Waals surface area contributed by atoms with Gasteiger partial charge in [0.05, 0.1) is 5.02 Å². The van der Waals surface area contributed by atoms with E-state index in [1.807, 2.05) is 6.07 Å². The summed E-state index contributed by atoms with van der Waals surface area (Å²) in [7, 11) is 0. The van der Waals surface area contributed by atoms with Crippen LogP contribution in [-0.2, 0) is 17.8 Å². The standard InChI is InChI=1S/C22H23ClN2O4/c1-3-4-7-16-9-21(26)29-19-11-20(18(23)10-17(16)19)28-14(2)22(27)25-13-15-6-5-8-24-12-15/h5-6,8-12,14H,3-4,7,13H2,1-2H3,(H,25,27).